The van der Waals surface area contributed by atoms with E-state index in [-0.39, 0.29) is 11.9 Å². The summed E-state index contributed by atoms with van der Waals surface area (Å²) in [7, 11) is 0. The molecule has 0 aliphatic heterocycles. The number of nitrogens with zero attached hydrogens (tertiary/aromatic N) is 2. The SMILES string of the molecule is C=CCn1c(C(Cc2ccccc2)NC(=O)c2cccs2)nc2ccccc21. The van der Waals surface area contributed by atoms with Crippen LogP contribution in [0.5, 0.6) is 0 Å². The first-order valence-corrected chi connectivity index (χ1v) is 10.1. The summed E-state index contributed by atoms with van der Waals surface area (Å²) in [5.41, 5.74) is 3.11. The van der Waals surface area contributed by atoms with Crippen molar-refractivity contribution in [3.63, 3.8) is 0 Å². The summed E-state index contributed by atoms with van der Waals surface area (Å²) in [5, 5.41) is 5.11. The molecule has 5 heteroatoms. The van der Waals surface area contributed by atoms with E-state index >= 15 is 0 Å². The molecule has 0 aliphatic carbocycles. The van der Waals surface area contributed by atoms with Crippen LogP contribution in [-0.4, -0.2) is 15.5 Å². The van der Waals surface area contributed by atoms with Gasteiger partial charge in [0.05, 0.1) is 22.0 Å². The lowest BCUT2D eigenvalue weighted by atomic mass is 10.0. The molecule has 2 heterocycles. The van der Waals surface area contributed by atoms with Crippen molar-refractivity contribution >= 4 is 28.3 Å². The van der Waals surface area contributed by atoms with Crippen LogP contribution >= 0.6 is 11.3 Å². The molecule has 0 radical (unpaired) electrons. The van der Waals surface area contributed by atoms with Crippen LogP contribution in [0.15, 0.2) is 84.8 Å². The summed E-state index contributed by atoms with van der Waals surface area (Å²) in [6, 6.07) is 21.7. The Morgan fingerprint density at radius 2 is 1.89 bits per heavy atom. The zero-order chi connectivity index (χ0) is 19.3. The highest BCUT2D eigenvalue weighted by Gasteiger charge is 2.23. The lowest BCUT2D eigenvalue weighted by molar-refractivity contribution is 0.0938. The van der Waals surface area contributed by atoms with E-state index in [1.54, 1.807) is 0 Å². The molecule has 28 heavy (non-hydrogen) atoms. The highest BCUT2D eigenvalue weighted by atomic mass is 32.1. The van der Waals surface area contributed by atoms with Crippen LogP contribution in [0.2, 0.25) is 0 Å². The first-order chi connectivity index (χ1) is 13.8. The van der Waals surface area contributed by atoms with Crippen molar-refractivity contribution in [1.82, 2.24) is 14.9 Å². The van der Waals surface area contributed by atoms with E-state index in [1.807, 2.05) is 60.0 Å². The second-order valence-electron chi connectivity index (χ2n) is 6.55. The average Bonchev–Trinajstić information content (AvgIpc) is 3.37. The fraction of sp³-hybridized carbons (Fsp3) is 0.130. The number of hydrogen-bond acceptors (Lipinski definition) is 3. The molecule has 2 aromatic carbocycles. The maximum Gasteiger partial charge on any atom is 0.261 e. The molecule has 0 saturated heterocycles. The summed E-state index contributed by atoms with van der Waals surface area (Å²) >= 11 is 1.44. The Bertz CT molecular complexity index is 1080. The molecular weight excluding hydrogens is 366 g/mol. The molecular formula is C23H21N3OS. The lowest BCUT2D eigenvalue weighted by Gasteiger charge is -2.20. The first-order valence-electron chi connectivity index (χ1n) is 9.20. The second kappa shape index (κ2) is 8.23. The Labute approximate surface area is 168 Å². The summed E-state index contributed by atoms with van der Waals surface area (Å²) in [6.45, 7) is 4.53. The standard InChI is InChI=1S/C23H21N3OS/c1-2-14-26-20-12-7-6-11-18(20)24-22(26)19(16-17-9-4-3-5-10-17)25-23(27)21-13-8-15-28-21/h2-13,15,19H,1,14,16H2,(H,25,27). The number of carbonyl (C=O) groups excluding carboxylic acids is 1. The maximum atomic E-state index is 12.8. The molecule has 0 spiro atoms. The summed E-state index contributed by atoms with van der Waals surface area (Å²) in [5.74, 6) is 0.767. The number of aromatic nitrogens is 2. The average molecular weight is 388 g/mol. The van der Waals surface area contributed by atoms with Crippen LogP contribution in [0, 0.1) is 0 Å². The van der Waals surface area contributed by atoms with Crippen molar-refractivity contribution in [3.8, 4) is 0 Å². The monoisotopic (exact) mass is 387 g/mol. The highest BCUT2D eigenvalue weighted by molar-refractivity contribution is 7.12. The number of imidazole rings is 1. The van der Waals surface area contributed by atoms with E-state index in [0.29, 0.717) is 17.8 Å². The Kier molecular flexibility index (Phi) is 5.35. The van der Waals surface area contributed by atoms with Crippen molar-refractivity contribution in [2.45, 2.75) is 19.0 Å². The largest absolute Gasteiger partial charge is 0.341 e. The second-order valence-corrected chi connectivity index (χ2v) is 7.50. The zero-order valence-electron chi connectivity index (χ0n) is 15.4. The number of nitrogens with one attached hydrogen (secondary N) is 1. The number of rotatable bonds is 7. The number of hydrogen-bond donors (Lipinski definition) is 1. The molecule has 1 atom stereocenters. The van der Waals surface area contributed by atoms with E-state index in [4.69, 9.17) is 4.98 Å². The van der Waals surface area contributed by atoms with E-state index in [2.05, 4.69) is 34.7 Å². The Hall–Kier alpha value is -3.18. The smallest absolute Gasteiger partial charge is 0.261 e. The number of para-hydroxylation sites is 2. The normalized spacial score (nSPS) is 12.0. The third-order valence-corrected chi connectivity index (χ3v) is 5.51. The molecule has 0 bridgehead atoms. The van der Waals surface area contributed by atoms with Gasteiger partial charge in [0.1, 0.15) is 5.82 Å². The summed E-state index contributed by atoms with van der Waals surface area (Å²) < 4.78 is 2.13. The van der Waals surface area contributed by atoms with Gasteiger partial charge >= 0.3 is 0 Å². The van der Waals surface area contributed by atoms with Crippen LogP contribution in [0.25, 0.3) is 11.0 Å². The zero-order valence-corrected chi connectivity index (χ0v) is 16.2. The van der Waals surface area contributed by atoms with Crippen molar-refractivity contribution in [1.29, 1.82) is 0 Å². The van der Waals surface area contributed by atoms with Crippen LogP contribution in [-0.2, 0) is 13.0 Å². The van der Waals surface area contributed by atoms with Crippen molar-refractivity contribution in [2.75, 3.05) is 0 Å². The molecule has 4 aromatic rings. The van der Waals surface area contributed by atoms with Crippen molar-refractivity contribution in [3.05, 3.63) is 101 Å². The number of allylic oxidation sites excluding steroid dienone is 1. The minimum Gasteiger partial charge on any atom is -0.341 e. The van der Waals surface area contributed by atoms with Gasteiger partial charge in [0.15, 0.2) is 0 Å². The topological polar surface area (TPSA) is 46.9 Å². The Morgan fingerprint density at radius 1 is 1.11 bits per heavy atom. The predicted molar refractivity (Wildman–Crippen MR) is 115 cm³/mol. The minimum absolute atomic E-state index is 0.0758. The van der Waals surface area contributed by atoms with Crippen molar-refractivity contribution < 1.29 is 4.79 Å². The van der Waals surface area contributed by atoms with Gasteiger partial charge < -0.3 is 9.88 Å². The molecule has 4 nitrogen and oxygen atoms in total. The quantitative estimate of drug-likeness (QED) is 0.454. The van der Waals surface area contributed by atoms with Crippen LogP contribution in [0.3, 0.4) is 0 Å². The molecule has 140 valence electrons. The molecule has 1 unspecified atom stereocenters. The van der Waals surface area contributed by atoms with E-state index in [1.165, 1.54) is 11.3 Å². The molecule has 1 N–H and O–H groups in total. The lowest BCUT2D eigenvalue weighted by Crippen LogP contribution is -2.31. The number of amides is 1. The first kappa shape index (κ1) is 18.2. The minimum atomic E-state index is -0.246. The fourth-order valence-corrected chi connectivity index (χ4v) is 4.00. The third kappa shape index (κ3) is 3.75. The molecule has 0 aliphatic rings. The van der Waals surface area contributed by atoms with Gasteiger partial charge in [-0.05, 0) is 35.6 Å². The van der Waals surface area contributed by atoms with E-state index in [0.717, 1.165) is 22.4 Å². The maximum absolute atomic E-state index is 12.8. The van der Waals surface area contributed by atoms with Gasteiger partial charge in [-0.15, -0.1) is 17.9 Å². The van der Waals surface area contributed by atoms with E-state index in [9.17, 15) is 4.79 Å². The number of benzene rings is 2. The molecule has 0 saturated carbocycles. The fourth-order valence-electron chi connectivity index (χ4n) is 3.37. The number of fused-ring (bicyclic) bond motifs is 1. The highest BCUT2D eigenvalue weighted by Crippen LogP contribution is 2.25. The van der Waals surface area contributed by atoms with Crippen LogP contribution in [0.4, 0.5) is 0 Å². The Balaban J connectivity index is 1.76. The predicted octanol–water partition coefficient (Wildman–Crippen LogP) is 5.00. The van der Waals surface area contributed by atoms with Gasteiger partial charge in [-0.1, -0.05) is 54.6 Å². The molecule has 2 aromatic heterocycles. The van der Waals surface area contributed by atoms with Crippen LogP contribution in [0.1, 0.15) is 27.1 Å². The van der Waals surface area contributed by atoms with Gasteiger partial charge in [0.2, 0.25) is 0 Å². The van der Waals surface area contributed by atoms with E-state index < -0.39 is 0 Å². The van der Waals surface area contributed by atoms with Gasteiger partial charge in [0, 0.05) is 6.54 Å². The summed E-state index contributed by atoms with van der Waals surface area (Å²) in [6.07, 6.45) is 2.52. The third-order valence-electron chi connectivity index (χ3n) is 4.64. The number of carbonyl (C=O) groups is 1. The molecule has 4 rings (SSSR count). The molecule has 1 amide bonds. The van der Waals surface area contributed by atoms with Gasteiger partial charge in [-0.2, -0.15) is 0 Å². The summed E-state index contributed by atoms with van der Waals surface area (Å²) in [4.78, 5) is 18.4. The van der Waals surface area contributed by atoms with Gasteiger partial charge in [0.25, 0.3) is 5.91 Å². The Morgan fingerprint density at radius 3 is 2.64 bits per heavy atom. The van der Waals surface area contributed by atoms with Crippen molar-refractivity contribution in [2.24, 2.45) is 0 Å². The number of thiophene rings is 1. The van der Waals surface area contributed by atoms with Gasteiger partial charge in [-0.25, -0.2) is 4.98 Å². The van der Waals surface area contributed by atoms with Gasteiger partial charge in [-0.3, -0.25) is 4.79 Å². The van der Waals surface area contributed by atoms with Crippen LogP contribution < -0.4 is 5.32 Å². The molecule has 0 fully saturated rings.